The zero-order valence-corrected chi connectivity index (χ0v) is 19.0. The van der Waals surface area contributed by atoms with E-state index in [1.54, 1.807) is 0 Å². The molecule has 0 bridgehead atoms. The van der Waals surface area contributed by atoms with Gasteiger partial charge in [0.15, 0.2) is 5.82 Å². The average Bonchev–Trinajstić information content (AvgIpc) is 2.70. The number of alkyl halides is 3. The van der Waals surface area contributed by atoms with E-state index < -0.39 is 46.8 Å². The number of benzene rings is 2. The molecule has 0 saturated heterocycles. The lowest BCUT2D eigenvalue weighted by Crippen LogP contribution is -2.40. The number of hydrogen-bond donors (Lipinski definition) is 2. The molecule has 0 unspecified atom stereocenters. The highest BCUT2D eigenvalue weighted by Gasteiger charge is 2.46. The van der Waals surface area contributed by atoms with Gasteiger partial charge in [-0.1, -0.05) is 54.7 Å². The molecule has 1 aliphatic carbocycles. The highest BCUT2D eigenvalue weighted by atomic mass is 35.5. The van der Waals surface area contributed by atoms with Crippen molar-refractivity contribution in [1.82, 2.24) is 0 Å². The molecule has 2 atom stereocenters. The molecule has 4 nitrogen and oxygen atoms in total. The molecule has 0 aliphatic heterocycles. The first-order chi connectivity index (χ1) is 15.4. The van der Waals surface area contributed by atoms with Gasteiger partial charge in [-0.25, -0.2) is 4.39 Å². The van der Waals surface area contributed by atoms with E-state index in [1.807, 2.05) is 0 Å². The third-order valence-corrected chi connectivity index (χ3v) is 6.81. The van der Waals surface area contributed by atoms with Gasteiger partial charge in [0.05, 0.1) is 28.0 Å². The third kappa shape index (κ3) is 5.27. The minimum atomic E-state index is -4.70. The number of carboxylic acids is 1. The van der Waals surface area contributed by atoms with Crippen LogP contribution in [0, 0.1) is 17.2 Å². The molecule has 33 heavy (non-hydrogen) atoms. The normalized spacial score (nSPS) is 17.1. The average molecular weight is 506 g/mol. The molecule has 0 aromatic heterocycles. The molecule has 1 amide bonds. The number of rotatable bonds is 7. The Morgan fingerprint density at radius 1 is 1.12 bits per heavy atom. The summed E-state index contributed by atoms with van der Waals surface area (Å²) in [6.45, 7) is 0.862. The molecule has 0 spiro atoms. The van der Waals surface area contributed by atoms with E-state index >= 15 is 4.39 Å². The summed E-state index contributed by atoms with van der Waals surface area (Å²) >= 11 is 11.9. The van der Waals surface area contributed by atoms with E-state index in [0.717, 1.165) is 6.92 Å². The van der Waals surface area contributed by atoms with Crippen molar-refractivity contribution in [2.24, 2.45) is 11.3 Å². The van der Waals surface area contributed by atoms with E-state index in [0.29, 0.717) is 19.3 Å². The lowest BCUT2D eigenvalue weighted by molar-refractivity contribution is -0.178. The van der Waals surface area contributed by atoms with Gasteiger partial charge >= 0.3 is 12.1 Å². The number of halogens is 6. The van der Waals surface area contributed by atoms with Crippen LogP contribution in [0.15, 0.2) is 36.4 Å². The number of aliphatic carboxylic acids is 1. The van der Waals surface area contributed by atoms with Gasteiger partial charge in [-0.05, 0) is 48.6 Å². The summed E-state index contributed by atoms with van der Waals surface area (Å²) in [7, 11) is 0. The monoisotopic (exact) mass is 505 g/mol. The van der Waals surface area contributed by atoms with Gasteiger partial charge in [0.1, 0.15) is 0 Å². The second kappa shape index (κ2) is 9.50. The fraction of sp³-hybridized carbons (Fsp3) is 0.391. The number of carboxylic acid groups (broad SMARTS) is 1. The molecule has 1 saturated carbocycles. The van der Waals surface area contributed by atoms with Gasteiger partial charge in [-0.2, -0.15) is 13.2 Å². The highest BCUT2D eigenvalue weighted by Crippen LogP contribution is 2.45. The lowest BCUT2D eigenvalue weighted by Gasteiger charge is -2.38. The summed E-state index contributed by atoms with van der Waals surface area (Å²) < 4.78 is 55.9. The van der Waals surface area contributed by atoms with Gasteiger partial charge in [-0.15, -0.1) is 0 Å². The fourth-order valence-electron chi connectivity index (χ4n) is 4.01. The summed E-state index contributed by atoms with van der Waals surface area (Å²) in [5.41, 5.74) is -1.52. The Morgan fingerprint density at radius 3 is 2.21 bits per heavy atom. The van der Waals surface area contributed by atoms with Crippen LogP contribution in [0.1, 0.15) is 43.2 Å². The van der Waals surface area contributed by atoms with Crippen molar-refractivity contribution >= 4 is 40.8 Å². The Bertz CT molecular complexity index is 1050. The SMILES string of the molecule is C[C@H]([C@H](C(=O)Nc1c(Cl)ccc(CC2(C(=O)O)CCC2)c1F)c1ccc(Cl)cc1)C(F)(F)F. The van der Waals surface area contributed by atoms with Crippen molar-refractivity contribution in [1.29, 1.82) is 0 Å². The molecule has 10 heteroatoms. The Labute approximate surface area is 197 Å². The van der Waals surface area contributed by atoms with Gasteiger partial charge in [0.2, 0.25) is 5.91 Å². The molecule has 1 aliphatic rings. The first-order valence-corrected chi connectivity index (χ1v) is 10.9. The third-order valence-electron chi connectivity index (χ3n) is 6.24. The predicted octanol–water partition coefficient (Wildman–Crippen LogP) is 6.85. The second-order valence-corrected chi connectivity index (χ2v) is 9.20. The van der Waals surface area contributed by atoms with Crippen LogP contribution >= 0.6 is 23.2 Å². The molecule has 1 fully saturated rings. The van der Waals surface area contributed by atoms with Crippen LogP contribution in [0.3, 0.4) is 0 Å². The Hall–Kier alpha value is -2.32. The summed E-state index contributed by atoms with van der Waals surface area (Å²) in [6, 6.07) is 7.93. The molecular formula is C23H21Cl2F4NO3. The van der Waals surface area contributed by atoms with Crippen LogP contribution in [-0.4, -0.2) is 23.2 Å². The first kappa shape index (κ1) is 25.3. The van der Waals surface area contributed by atoms with Gasteiger partial charge in [-0.3, -0.25) is 9.59 Å². The number of anilines is 1. The standard InChI is InChI=1S/C23H21Cl2F4NO3/c1-12(23(27,28)29)17(13-3-6-15(24)7-4-13)20(31)30-19-16(25)8-5-14(18(19)26)11-22(21(32)33)9-2-10-22/h3-8,12,17H,2,9-11H2,1H3,(H,30,31)(H,32,33)/t12-,17+/m1/s1. The number of nitrogens with one attached hydrogen (secondary N) is 1. The Balaban J connectivity index is 1.95. The van der Waals surface area contributed by atoms with Crippen molar-refractivity contribution < 1.29 is 32.3 Å². The van der Waals surface area contributed by atoms with Crippen LogP contribution in [0.5, 0.6) is 0 Å². The van der Waals surface area contributed by atoms with Crippen LogP contribution in [0.4, 0.5) is 23.2 Å². The van der Waals surface area contributed by atoms with E-state index in [2.05, 4.69) is 5.32 Å². The number of hydrogen-bond acceptors (Lipinski definition) is 2. The van der Waals surface area contributed by atoms with Crippen LogP contribution in [0.25, 0.3) is 0 Å². The van der Waals surface area contributed by atoms with Crippen LogP contribution in [0.2, 0.25) is 10.0 Å². The van der Waals surface area contributed by atoms with Gasteiger partial charge in [0, 0.05) is 5.02 Å². The van der Waals surface area contributed by atoms with Crippen molar-refractivity contribution in [3.63, 3.8) is 0 Å². The summed E-state index contributed by atoms with van der Waals surface area (Å²) in [4.78, 5) is 24.7. The molecule has 178 valence electrons. The largest absolute Gasteiger partial charge is 0.481 e. The Kier molecular flexibility index (Phi) is 7.29. The quantitative estimate of drug-likeness (QED) is 0.404. The fourth-order valence-corrected chi connectivity index (χ4v) is 4.33. The van der Waals surface area contributed by atoms with Crippen molar-refractivity contribution in [3.8, 4) is 0 Å². The van der Waals surface area contributed by atoms with E-state index in [9.17, 15) is 27.9 Å². The second-order valence-electron chi connectivity index (χ2n) is 8.36. The van der Waals surface area contributed by atoms with Crippen molar-refractivity contribution in [2.75, 3.05) is 5.32 Å². The molecular weight excluding hydrogens is 485 g/mol. The molecule has 2 aromatic carbocycles. The van der Waals surface area contributed by atoms with E-state index in [4.69, 9.17) is 23.2 Å². The molecule has 0 heterocycles. The van der Waals surface area contributed by atoms with E-state index in [1.165, 1.54) is 36.4 Å². The number of amides is 1. The zero-order chi connectivity index (χ0) is 24.6. The maximum absolute atomic E-state index is 15.3. The lowest BCUT2D eigenvalue weighted by atomic mass is 9.65. The minimum Gasteiger partial charge on any atom is -0.481 e. The minimum absolute atomic E-state index is 0.0173. The first-order valence-electron chi connectivity index (χ1n) is 10.2. The van der Waals surface area contributed by atoms with Crippen molar-refractivity contribution in [3.05, 3.63) is 63.4 Å². The Morgan fingerprint density at radius 2 is 1.73 bits per heavy atom. The molecule has 2 N–H and O–H groups in total. The zero-order valence-electron chi connectivity index (χ0n) is 17.5. The molecule has 2 aromatic rings. The van der Waals surface area contributed by atoms with Gasteiger partial charge in [0.25, 0.3) is 0 Å². The number of carbonyl (C=O) groups is 2. The van der Waals surface area contributed by atoms with Crippen molar-refractivity contribution in [2.45, 2.75) is 44.7 Å². The summed E-state index contributed by atoms with van der Waals surface area (Å²) in [5.74, 6) is -6.89. The maximum atomic E-state index is 15.3. The molecule has 3 rings (SSSR count). The summed E-state index contributed by atoms with van der Waals surface area (Å²) in [6.07, 6.45) is -3.36. The number of carbonyl (C=O) groups excluding carboxylic acids is 1. The highest BCUT2D eigenvalue weighted by molar-refractivity contribution is 6.33. The van der Waals surface area contributed by atoms with Crippen LogP contribution in [-0.2, 0) is 16.0 Å². The van der Waals surface area contributed by atoms with E-state index in [-0.39, 0.29) is 27.6 Å². The predicted molar refractivity (Wildman–Crippen MR) is 117 cm³/mol. The van der Waals surface area contributed by atoms with Crippen LogP contribution < -0.4 is 5.32 Å². The summed E-state index contributed by atoms with van der Waals surface area (Å²) in [5, 5.41) is 11.8. The smallest absolute Gasteiger partial charge is 0.392 e. The molecule has 0 radical (unpaired) electrons. The topological polar surface area (TPSA) is 66.4 Å². The maximum Gasteiger partial charge on any atom is 0.392 e. The van der Waals surface area contributed by atoms with Gasteiger partial charge < -0.3 is 10.4 Å².